The second-order valence-corrected chi connectivity index (χ2v) is 7.07. The van der Waals surface area contributed by atoms with E-state index in [9.17, 15) is 9.59 Å². The van der Waals surface area contributed by atoms with Crippen molar-refractivity contribution in [2.75, 3.05) is 19.7 Å². The molecule has 0 aliphatic carbocycles. The summed E-state index contributed by atoms with van der Waals surface area (Å²) >= 11 is 7.44. The summed E-state index contributed by atoms with van der Waals surface area (Å²) in [5.41, 5.74) is 1.96. The number of carboxylic acids is 1. The first-order valence-corrected chi connectivity index (χ1v) is 8.65. The van der Waals surface area contributed by atoms with E-state index < -0.39 is 12.1 Å². The number of amides is 1. The Morgan fingerprint density at radius 2 is 2.17 bits per heavy atom. The van der Waals surface area contributed by atoms with Gasteiger partial charge in [0.2, 0.25) is 0 Å². The molecule has 0 radical (unpaired) electrons. The third-order valence-corrected chi connectivity index (χ3v) is 5.35. The van der Waals surface area contributed by atoms with Crippen molar-refractivity contribution in [3.05, 3.63) is 45.8 Å². The molecule has 1 aliphatic heterocycles. The molecule has 1 fully saturated rings. The molecule has 2 aromatic rings. The number of rotatable bonds is 3. The Bertz CT molecular complexity index is 789. The molecule has 1 saturated heterocycles. The normalized spacial score (nSPS) is 17.8. The standard InChI is InChI=1S/C17H16ClNO4S/c1-10-7-14(24-15(10)11-3-2-4-12(18)8-11)16(20)19-5-6-23-13(9-19)17(21)22/h2-4,7-8,13H,5-6,9H2,1H3,(H,21,22). The van der Waals surface area contributed by atoms with Crippen molar-refractivity contribution >= 4 is 34.8 Å². The zero-order valence-electron chi connectivity index (χ0n) is 13.0. The largest absolute Gasteiger partial charge is 0.479 e. The second kappa shape index (κ2) is 6.93. The molecule has 2 heterocycles. The van der Waals surface area contributed by atoms with Crippen LogP contribution in [0.5, 0.6) is 0 Å². The average molecular weight is 366 g/mol. The maximum absolute atomic E-state index is 12.7. The van der Waals surface area contributed by atoms with Crippen LogP contribution in [0, 0.1) is 6.92 Å². The highest BCUT2D eigenvalue weighted by molar-refractivity contribution is 7.17. The second-order valence-electron chi connectivity index (χ2n) is 5.58. The number of hydrogen-bond acceptors (Lipinski definition) is 4. The summed E-state index contributed by atoms with van der Waals surface area (Å²) in [5, 5.41) is 9.70. The summed E-state index contributed by atoms with van der Waals surface area (Å²) < 4.78 is 5.16. The van der Waals surface area contributed by atoms with Crippen molar-refractivity contribution in [2.45, 2.75) is 13.0 Å². The Kier molecular flexibility index (Phi) is 4.89. The lowest BCUT2D eigenvalue weighted by atomic mass is 10.1. The third-order valence-electron chi connectivity index (χ3n) is 3.84. The maximum Gasteiger partial charge on any atom is 0.334 e. The lowest BCUT2D eigenvalue weighted by Gasteiger charge is -2.30. The van der Waals surface area contributed by atoms with Gasteiger partial charge in [-0.15, -0.1) is 11.3 Å². The van der Waals surface area contributed by atoms with E-state index in [1.54, 1.807) is 6.07 Å². The van der Waals surface area contributed by atoms with Crippen LogP contribution in [0.1, 0.15) is 15.2 Å². The molecule has 1 unspecified atom stereocenters. The van der Waals surface area contributed by atoms with Crippen LogP contribution < -0.4 is 0 Å². The van der Waals surface area contributed by atoms with Gasteiger partial charge in [-0.1, -0.05) is 23.7 Å². The van der Waals surface area contributed by atoms with E-state index in [-0.39, 0.29) is 19.1 Å². The number of carboxylic acid groups (broad SMARTS) is 1. The topological polar surface area (TPSA) is 66.8 Å². The van der Waals surface area contributed by atoms with Gasteiger partial charge in [0.05, 0.1) is 18.0 Å². The molecule has 1 atom stereocenters. The number of benzene rings is 1. The molecule has 24 heavy (non-hydrogen) atoms. The molecular weight excluding hydrogens is 350 g/mol. The number of hydrogen-bond donors (Lipinski definition) is 1. The minimum absolute atomic E-state index is 0.0671. The van der Waals surface area contributed by atoms with E-state index in [0.29, 0.717) is 16.4 Å². The van der Waals surface area contributed by atoms with Crippen molar-refractivity contribution < 1.29 is 19.4 Å². The fourth-order valence-electron chi connectivity index (χ4n) is 2.64. The number of nitrogens with zero attached hydrogens (tertiary/aromatic N) is 1. The number of morpholine rings is 1. The fraction of sp³-hybridized carbons (Fsp3) is 0.294. The van der Waals surface area contributed by atoms with Crippen molar-refractivity contribution in [1.82, 2.24) is 4.90 Å². The van der Waals surface area contributed by atoms with Crippen LogP contribution in [0.2, 0.25) is 5.02 Å². The first kappa shape index (κ1) is 17.0. The minimum Gasteiger partial charge on any atom is -0.479 e. The highest BCUT2D eigenvalue weighted by Gasteiger charge is 2.30. The lowest BCUT2D eigenvalue weighted by Crippen LogP contribution is -2.48. The highest BCUT2D eigenvalue weighted by atomic mass is 35.5. The molecule has 1 aromatic carbocycles. The molecule has 3 rings (SSSR count). The van der Waals surface area contributed by atoms with Gasteiger partial charge in [0, 0.05) is 16.4 Å². The summed E-state index contributed by atoms with van der Waals surface area (Å²) in [6, 6.07) is 9.34. The first-order valence-electron chi connectivity index (χ1n) is 7.46. The molecule has 1 aliphatic rings. The number of ether oxygens (including phenoxy) is 1. The molecule has 1 N–H and O–H groups in total. The number of aliphatic carboxylic acids is 1. The van der Waals surface area contributed by atoms with Crippen LogP contribution in [-0.4, -0.2) is 47.7 Å². The monoisotopic (exact) mass is 365 g/mol. The van der Waals surface area contributed by atoms with E-state index in [0.717, 1.165) is 16.0 Å². The summed E-state index contributed by atoms with van der Waals surface area (Å²) in [4.78, 5) is 26.9. The fourth-order valence-corrected chi connectivity index (χ4v) is 3.97. The van der Waals surface area contributed by atoms with Crippen LogP contribution in [0.3, 0.4) is 0 Å². The van der Waals surface area contributed by atoms with E-state index in [1.165, 1.54) is 16.2 Å². The predicted octanol–water partition coefficient (Wildman–Crippen LogP) is 3.30. The van der Waals surface area contributed by atoms with Gasteiger partial charge in [-0.05, 0) is 36.2 Å². The summed E-state index contributed by atoms with van der Waals surface area (Å²) in [5.74, 6) is -1.21. The molecule has 5 nitrogen and oxygen atoms in total. The van der Waals surface area contributed by atoms with Gasteiger partial charge < -0.3 is 14.7 Å². The average Bonchev–Trinajstić information content (AvgIpc) is 2.96. The van der Waals surface area contributed by atoms with Crippen LogP contribution in [0.25, 0.3) is 10.4 Å². The first-order chi connectivity index (χ1) is 11.5. The van der Waals surface area contributed by atoms with Crippen molar-refractivity contribution in [3.63, 3.8) is 0 Å². The number of carbonyl (C=O) groups excluding carboxylic acids is 1. The molecule has 0 spiro atoms. The number of carbonyl (C=O) groups is 2. The van der Waals surface area contributed by atoms with Gasteiger partial charge >= 0.3 is 5.97 Å². The maximum atomic E-state index is 12.7. The third kappa shape index (κ3) is 3.45. The Balaban J connectivity index is 1.84. The lowest BCUT2D eigenvalue weighted by molar-refractivity contribution is -0.154. The van der Waals surface area contributed by atoms with Gasteiger partial charge in [0.15, 0.2) is 6.10 Å². The molecule has 7 heteroatoms. The Morgan fingerprint density at radius 3 is 2.88 bits per heavy atom. The molecule has 0 saturated carbocycles. The smallest absolute Gasteiger partial charge is 0.334 e. The van der Waals surface area contributed by atoms with E-state index in [4.69, 9.17) is 21.4 Å². The van der Waals surface area contributed by atoms with Gasteiger partial charge in [-0.25, -0.2) is 4.79 Å². The zero-order valence-corrected chi connectivity index (χ0v) is 14.6. The van der Waals surface area contributed by atoms with Gasteiger partial charge in [-0.3, -0.25) is 4.79 Å². The summed E-state index contributed by atoms with van der Waals surface area (Å²) in [7, 11) is 0. The van der Waals surface area contributed by atoms with E-state index in [2.05, 4.69) is 0 Å². The van der Waals surface area contributed by atoms with Crippen molar-refractivity contribution in [1.29, 1.82) is 0 Å². The number of aryl methyl sites for hydroxylation is 1. The van der Waals surface area contributed by atoms with Crippen LogP contribution in [0.4, 0.5) is 0 Å². The van der Waals surface area contributed by atoms with Crippen LogP contribution >= 0.6 is 22.9 Å². The summed E-state index contributed by atoms with van der Waals surface area (Å²) in [6.07, 6.45) is -0.962. The Morgan fingerprint density at radius 1 is 1.38 bits per heavy atom. The molecule has 1 amide bonds. The van der Waals surface area contributed by atoms with Crippen LogP contribution in [-0.2, 0) is 9.53 Å². The van der Waals surface area contributed by atoms with Gasteiger partial charge in [0.25, 0.3) is 5.91 Å². The van der Waals surface area contributed by atoms with Gasteiger partial charge in [-0.2, -0.15) is 0 Å². The Labute approximate surface area is 148 Å². The molecule has 1 aromatic heterocycles. The molecule has 126 valence electrons. The summed E-state index contributed by atoms with van der Waals surface area (Å²) in [6.45, 7) is 2.64. The minimum atomic E-state index is -1.05. The number of halogens is 1. The van der Waals surface area contributed by atoms with Crippen molar-refractivity contribution in [2.24, 2.45) is 0 Å². The zero-order chi connectivity index (χ0) is 17.3. The van der Waals surface area contributed by atoms with Crippen molar-refractivity contribution in [3.8, 4) is 10.4 Å². The van der Waals surface area contributed by atoms with E-state index >= 15 is 0 Å². The SMILES string of the molecule is Cc1cc(C(=O)N2CCOC(C(=O)O)C2)sc1-c1cccc(Cl)c1. The predicted molar refractivity (Wildman–Crippen MR) is 92.8 cm³/mol. The molecular formula is C17H16ClNO4S. The van der Waals surface area contributed by atoms with E-state index in [1.807, 2.05) is 31.2 Å². The quantitative estimate of drug-likeness (QED) is 0.906. The van der Waals surface area contributed by atoms with Crippen LogP contribution in [0.15, 0.2) is 30.3 Å². The number of thiophene rings is 1. The Hall–Kier alpha value is -1.89. The highest BCUT2D eigenvalue weighted by Crippen LogP contribution is 2.34. The van der Waals surface area contributed by atoms with Gasteiger partial charge in [0.1, 0.15) is 0 Å². The molecule has 0 bridgehead atoms.